The van der Waals surface area contributed by atoms with Gasteiger partial charge < -0.3 is 15.2 Å². The molecule has 0 atom stereocenters. The van der Waals surface area contributed by atoms with Gasteiger partial charge in [-0.15, -0.1) is 0 Å². The standard InChI is InChI=1S/C18H19F3N6O3.C6H10F2.C3H6/c1-10-11(2)26-30-16(10)17(29)23-8-13-9-27-14(25-13)5-12(7-24-27)6-22-15(28)3-4-18(19,20)21;7-6(8)4-2-1-3-5-6;1-2-3-1/h5,7,9H,3-4,6,8H2,1-2H3,(H,22,28)(H,23,29);1-5H2;1-3H2. The third-order valence-corrected chi connectivity index (χ3v) is 6.28. The number of hydrogen-bond acceptors (Lipinski definition) is 6. The first-order valence-corrected chi connectivity index (χ1v) is 13.6. The molecule has 3 aromatic rings. The summed E-state index contributed by atoms with van der Waals surface area (Å²) in [6.45, 7) is 3.63. The fraction of sp³-hybridized carbons (Fsp3) is 0.593. The molecule has 0 unspecified atom stereocenters. The predicted octanol–water partition coefficient (Wildman–Crippen LogP) is 5.98. The smallest absolute Gasteiger partial charge is 0.352 e. The molecule has 14 heteroatoms. The summed E-state index contributed by atoms with van der Waals surface area (Å²) in [5.41, 5.74) is 2.88. The molecule has 2 aliphatic carbocycles. The van der Waals surface area contributed by atoms with E-state index in [4.69, 9.17) is 4.52 Å². The highest BCUT2D eigenvalue weighted by molar-refractivity contribution is 5.92. The van der Waals surface area contributed by atoms with Gasteiger partial charge in [0, 0.05) is 31.4 Å². The number of nitrogens with zero attached hydrogens (tertiary/aromatic N) is 4. The number of hydrogen-bond donors (Lipinski definition) is 2. The van der Waals surface area contributed by atoms with Crippen LogP contribution >= 0.6 is 0 Å². The van der Waals surface area contributed by atoms with E-state index in [1.54, 1.807) is 26.1 Å². The first-order chi connectivity index (χ1) is 19.3. The van der Waals surface area contributed by atoms with Gasteiger partial charge in [-0.1, -0.05) is 30.8 Å². The normalized spacial score (nSPS) is 15.7. The third-order valence-electron chi connectivity index (χ3n) is 6.28. The van der Waals surface area contributed by atoms with Crippen molar-refractivity contribution in [2.45, 2.75) is 103 Å². The maximum Gasteiger partial charge on any atom is 0.389 e. The Bertz CT molecular complexity index is 1290. The highest BCUT2D eigenvalue weighted by Gasteiger charge is 2.30. The van der Waals surface area contributed by atoms with Crippen molar-refractivity contribution < 1.29 is 36.1 Å². The van der Waals surface area contributed by atoms with Crippen molar-refractivity contribution in [2.24, 2.45) is 0 Å². The van der Waals surface area contributed by atoms with Gasteiger partial charge in [0.2, 0.25) is 17.6 Å². The molecule has 3 aromatic heterocycles. The Morgan fingerprint density at radius 3 is 2.22 bits per heavy atom. The number of carbonyl (C=O) groups excluding carboxylic acids is 2. The van der Waals surface area contributed by atoms with Crippen LogP contribution in [0.5, 0.6) is 0 Å². The van der Waals surface area contributed by atoms with E-state index in [1.165, 1.54) is 30.0 Å². The molecule has 0 bridgehead atoms. The van der Waals surface area contributed by atoms with Crippen LogP contribution in [0.4, 0.5) is 22.0 Å². The lowest BCUT2D eigenvalue weighted by Gasteiger charge is -2.20. The second kappa shape index (κ2) is 14.4. The fourth-order valence-corrected chi connectivity index (χ4v) is 3.64. The molecular weight excluding hydrogens is 551 g/mol. The van der Waals surface area contributed by atoms with Crippen LogP contribution in [0.2, 0.25) is 0 Å². The first-order valence-electron chi connectivity index (χ1n) is 13.6. The van der Waals surface area contributed by atoms with Gasteiger partial charge in [0.15, 0.2) is 5.65 Å². The molecule has 226 valence electrons. The molecule has 2 fully saturated rings. The zero-order chi connectivity index (χ0) is 30.0. The van der Waals surface area contributed by atoms with Gasteiger partial charge >= 0.3 is 6.18 Å². The molecule has 2 aliphatic rings. The lowest BCUT2D eigenvalue weighted by molar-refractivity contribution is -0.144. The number of rotatable bonds is 7. The van der Waals surface area contributed by atoms with E-state index >= 15 is 0 Å². The fourth-order valence-electron chi connectivity index (χ4n) is 3.64. The summed E-state index contributed by atoms with van der Waals surface area (Å²) in [6.07, 6.45) is 4.09. The van der Waals surface area contributed by atoms with Gasteiger partial charge in [-0.05, 0) is 38.3 Å². The molecule has 9 nitrogen and oxygen atoms in total. The Hall–Kier alpha value is -3.58. The van der Waals surface area contributed by atoms with E-state index in [0.29, 0.717) is 41.0 Å². The average Bonchev–Trinajstić information content (AvgIpc) is 3.69. The van der Waals surface area contributed by atoms with E-state index in [-0.39, 0.29) is 31.7 Å². The summed E-state index contributed by atoms with van der Waals surface area (Å²) >= 11 is 0. The van der Waals surface area contributed by atoms with Crippen LogP contribution in [0.1, 0.15) is 97.3 Å². The van der Waals surface area contributed by atoms with E-state index < -0.39 is 36.8 Å². The zero-order valence-electron chi connectivity index (χ0n) is 23.1. The minimum absolute atomic E-state index is 0.0310. The number of fused-ring (bicyclic) bond motifs is 1. The monoisotopic (exact) mass is 586 g/mol. The second-order valence-electron chi connectivity index (χ2n) is 10.2. The summed E-state index contributed by atoms with van der Waals surface area (Å²) in [7, 11) is 0. The third kappa shape index (κ3) is 11.4. The maximum atomic E-state index is 12.2. The lowest BCUT2D eigenvalue weighted by Crippen LogP contribution is -2.24. The highest BCUT2D eigenvalue weighted by atomic mass is 19.4. The quantitative estimate of drug-likeness (QED) is 0.329. The van der Waals surface area contributed by atoms with Crippen LogP contribution in [0, 0.1) is 13.8 Å². The minimum atomic E-state index is -4.37. The van der Waals surface area contributed by atoms with Crippen molar-refractivity contribution in [3.63, 3.8) is 0 Å². The molecule has 0 radical (unpaired) electrons. The number of halogens is 5. The van der Waals surface area contributed by atoms with Crippen LogP contribution in [-0.2, 0) is 17.9 Å². The molecule has 0 aliphatic heterocycles. The van der Waals surface area contributed by atoms with Crippen LogP contribution in [0.3, 0.4) is 0 Å². The number of alkyl halides is 5. The van der Waals surface area contributed by atoms with Gasteiger partial charge in [-0.25, -0.2) is 18.3 Å². The van der Waals surface area contributed by atoms with Crippen molar-refractivity contribution in [1.82, 2.24) is 30.4 Å². The van der Waals surface area contributed by atoms with E-state index in [0.717, 1.165) is 6.42 Å². The molecule has 2 N–H and O–H groups in total. The second-order valence-corrected chi connectivity index (χ2v) is 10.2. The molecule has 2 amide bonds. The number of aromatic nitrogens is 4. The Morgan fingerprint density at radius 2 is 1.68 bits per heavy atom. The first kappa shape index (κ1) is 31.9. The Labute approximate surface area is 234 Å². The van der Waals surface area contributed by atoms with Crippen molar-refractivity contribution in [3.8, 4) is 0 Å². The van der Waals surface area contributed by atoms with Crippen LogP contribution < -0.4 is 10.6 Å². The Morgan fingerprint density at radius 1 is 1.02 bits per heavy atom. The molecule has 41 heavy (non-hydrogen) atoms. The van der Waals surface area contributed by atoms with Crippen molar-refractivity contribution in [1.29, 1.82) is 0 Å². The van der Waals surface area contributed by atoms with Crippen molar-refractivity contribution in [3.05, 3.63) is 46.7 Å². The number of carbonyl (C=O) groups is 2. The van der Waals surface area contributed by atoms with Crippen LogP contribution in [-0.4, -0.2) is 43.7 Å². The Kier molecular flexibility index (Phi) is 11.2. The Balaban J connectivity index is 0.000000347. The minimum Gasteiger partial charge on any atom is -0.352 e. The number of amides is 2. The summed E-state index contributed by atoms with van der Waals surface area (Å²) in [6, 6.07) is 1.65. The summed E-state index contributed by atoms with van der Waals surface area (Å²) in [5, 5.41) is 13.0. The van der Waals surface area contributed by atoms with Crippen LogP contribution in [0.15, 0.2) is 23.0 Å². The molecule has 0 spiro atoms. The molecule has 3 heterocycles. The summed E-state index contributed by atoms with van der Waals surface area (Å²) < 4.78 is 67.4. The molecule has 2 saturated carbocycles. The predicted molar refractivity (Wildman–Crippen MR) is 139 cm³/mol. The number of imidazole rings is 1. The van der Waals surface area contributed by atoms with E-state index in [9.17, 15) is 31.5 Å². The van der Waals surface area contributed by atoms with Gasteiger partial charge in [0.1, 0.15) is 0 Å². The largest absolute Gasteiger partial charge is 0.389 e. The van der Waals surface area contributed by atoms with Crippen molar-refractivity contribution in [2.75, 3.05) is 0 Å². The molecule has 0 aromatic carbocycles. The molecular formula is C27H35F5N6O3. The summed E-state index contributed by atoms with van der Waals surface area (Å²) in [4.78, 5) is 28.0. The lowest BCUT2D eigenvalue weighted by atomic mass is 9.97. The highest BCUT2D eigenvalue weighted by Crippen LogP contribution is 2.32. The molecule has 0 saturated heterocycles. The van der Waals surface area contributed by atoms with Gasteiger partial charge in [-0.2, -0.15) is 18.3 Å². The van der Waals surface area contributed by atoms with E-state index in [1.807, 2.05) is 0 Å². The number of aryl methyl sites for hydroxylation is 1. The van der Waals surface area contributed by atoms with Crippen molar-refractivity contribution >= 4 is 17.5 Å². The molecule has 5 rings (SSSR count). The van der Waals surface area contributed by atoms with Crippen LogP contribution in [0.25, 0.3) is 5.65 Å². The SMILES string of the molecule is C1CC1.Cc1noc(C(=O)NCc2cn3ncc(CNC(=O)CCC(F)(F)F)cc3n2)c1C.FC1(F)CCCCC1. The van der Waals surface area contributed by atoms with Gasteiger partial charge in [0.05, 0.1) is 36.7 Å². The van der Waals surface area contributed by atoms with Gasteiger partial charge in [-0.3, -0.25) is 9.59 Å². The average molecular weight is 587 g/mol. The number of nitrogens with one attached hydrogen (secondary N) is 2. The summed E-state index contributed by atoms with van der Waals surface area (Å²) in [5.74, 6) is -3.30. The maximum absolute atomic E-state index is 12.2. The van der Waals surface area contributed by atoms with Gasteiger partial charge in [0.25, 0.3) is 5.91 Å². The zero-order valence-corrected chi connectivity index (χ0v) is 23.1. The topological polar surface area (TPSA) is 114 Å². The van der Waals surface area contributed by atoms with E-state index in [2.05, 4.69) is 25.9 Å².